The molecule has 1 aliphatic carbocycles. The van der Waals surface area contributed by atoms with E-state index in [9.17, 15) is 9.59 Å². The van der Waals surface area contributed by atoms with Crippen molar-refractivity contribution in [2.24, 2.45) is 5.92 Å². The van der Waals surface area contributed by atoms with Gasteiger partial charge in [0.2, 0.25) is 0 Å². The van der Waals surface area contributed by atoms with Crippen LogP contribution in [0.15, 0.2) is 60.7 Å². The van der Waals surface area contributed by atoms with Crippen LogP contribution in [0.5, 0.6) is 11.5 Å². The largest absolute Gasteiger partial charge is 0.506 e. The Kier molecular flexibility index (Phi) is 5.46. The van der Waals surface area contributed by atoms with Crippen molar-refractivity contribution >= 4 is 23.3 Å². The summed E-state index contributed by atoms with van der Waals surface area (Å²) < 4.78 is 12.4. The summed E-state index contributed by atoms with van der Waals surface area (Å²) in [5.41, 5.74) is 4.40. The second-order valence-electron chi connectivity index (χ2n) is 7.66. The number of allylic oxidation sites excluding steroid dienone is 3. The highest BCUT2D eigenvalue weighted by molar-refractivity contribution is 6.25. The minimum absolute atomic E-state index is 0.287. The number of urea groups is 1. The number of anilines is 1. The summed E-state index contributed by atoms with van der Waals surface area (Å²) in [5, 5.41) is 0. The highest BCUT2D eigenvalue weighted by Gasteiger charge is 2.48. The molecule has 158 valence electrons. The first-order valence-corrected chi connectivity index (χ1v) is 10.1. The average Bonchev–Trinajstić information content (AvgIpc) is 2.78. The Morgan fingerprint density at radius 3 is 2.48 bits per heavy atom. The third kappa shape index (κ3) is 3.65. The molecule has 6 heteroatoms. The third-order valence-electron chi connectivity index (χ3n) is 5.68. The van der Waals surface area contributed by atoms with Gasteiger partial charge in [-0.15, -0.1) is 4.90 Å². The number of carbonyl (C=O) groups excluding carboxylic acids is 2. The Bertz CT molecular complexity index is 1160. The fourth-order valence-corrected chi connectivity index (χ4v) is 3.96. The fourth-order valence-electron chi connectivity index (χ4n) is 3.96. The molecule has 0 saturated heterocycles. The second kappa shape index (κ2) is 8.22. The van der Waals surface area contributed by atoms with Gasteiger partial charge in [0, 0.05) is 6.07 Å². The highest BCUT2D eigenvalue weighted by Crippen LogP contribution is 2.34. The minimum Gasteiger partial charge on any atom is -0.493 e. The molecule has 1 aliphatic heterocycles. The molecule has 2 aromatic carbocycles. The Labute approximate surface area is 181 Å². The number of methoxy groups -OCH3 is 2. The average molecular weight is 417 g/mol. The molecule has 0 fully saturated rings. The molecule has 2 aromatic rings. The maximum Gasteiger partial charge on any atom is 0.506 e. The van der Waals surface area contributed by atoms with Gasteiger partial charge in [-0.1, -0.05) is 42.0 Å². The van der Waals surface area contributed by atoms with Crippen molar-refractivity contribution in [1.82, 2.24) is 0 Å². The summed E-state index contributed by atoms with van der Waals surface area (Å²) in [5.74, 6) is 0.171. The zero-order valence-electron chi connectivity index (χ0n) is 18.1. The summed E-state index contributed by atoms with van der Waals surface area (Å²) in [6.45, 7) is 4.44. The molecule has 0 aromatic heterocycles. The number of ether oxygens (including phenoxy) is 2. The number of benzene rings is 2. The molecule has 0 bridgehead atoms. The summed E-state index contributed by atoms with van der Waals surface area (Å²) >= 11 is 0. The number of nitrogens with zero attached hydrogens (tertiary/aromatic N) is 2. The van der Waals surface area contributed by atoms with Crippen molar-refractivity contribution < 1.29 is 23.6 Å². The van der Waals surface area contributed by atoms with Crippen molar-refractivity contribution in [2.45, 2.75) is 20.4 Å². The Hall–Kier alpha value is -3.67. The summed E-state index contributed by atoms with van der Waals surface area (Å²) in [6.07, 6.45) is 7.37. The molecule has 0 N–H and O–H groups in total. The van der Waals surface area contributed by atoms with Gasteiger partial charge in [0.15, 0.2) is 11.5 Å². The van der Waals surface area contributed by atoms with E-state index in [1.165, 1.54) is 12.0 Å². The van der Waals surface area contributed by atoms with E-state index in [1.807, 2.05) is 38.2 Å². The lowest BCUT2D eigenvalue weighted by Gasteiger charge is -2.27. The van der Waals surface area contributed by atoms with Crippen molar-refractivity contribution in [3.05, 3.63) is 77.4 Å². The van der Waals surface area contributed by atoms with Crippen molar-refractivity contribution in [2.75, 3.05) is 19.1 Å². The number of amides is 3. The van der Waals surface area contributed by atoms with E-state index in [1.54, 1.807) is 29.9 Å². The molecule has 2 aliphatic rings. The van der Waals surface area contributed by atoms with Crippen LogP contribution in [0.2, 0.25) is 0 Å². The lowest BCUT2D eigenvalue weighted by molar-refractivity contribution is -0.445. The zero-order valence-corrected chi connectivity index (χ0v) is 18.1. The monoisotopic (exact) mass is 417 g/mol. The minimum atomic E-state index is -0.527. The molecule has 0 saturated carbocycles. The first-order valence-electron chi connectivity index (χ1n) is 10.1. The van der Waals surface area contributed by atoms with Crippen LogP contribution in [0, 0.1) is 19.8 Å². The molecule has 4 rings (SSSR count). The van der Waals surface area contributed by atoms with Crippen LogP contribution in [0.3, 0.4) is 0 Å². The maximum absolute atomic E-state index is 13.6. The van der Waals surface area contributed by atoms with Crippen molar-refractivity contribution in [3.8, 4) is 11.5 Å². The summed E-state index contributed by atoms with van der Waals surface area (Å²) in [6, 6.07) is 10.8. The van der Waals surface area contributed by atoms with Crippen LogP contribution >= 0.6 is 0 Å². The quantitative estimate of drug-likeness (QED) is 0.685. The predicted molar refractivity (Wildman–Crippen MR) is 119 cm³/mol. The number of aryl methyl sites for hydroxylation is 2. The number of imide groups is 1. The molecule has 3 amide bonds. The molecule has 0 spiro atoms. The molecule has 31 heavy (non-hydrogen) atoms. The van der Waals surface area contributed by atoms with E-state index in [0.717, 1.165) is 16.7 Å². The number of carbonyl (C=O) groups is 2. The Morgan fingerprint density at radius 2 is 1.74 bits per heavy atom. The summed E-state index contributed by atoms with van der Waals surface area (Å²) in [4.78, 5) is 28.2. The summed E-state index contributed by atoms with van der Waals surface area (Å²) in [7, 11) is 3.07. The van der Waals surface area contributed by atoms with Crippen LogP contribution in [0.25, 0.3) is 0 Å². The predicted octanol–water partition coefficient (Wildman–Crippen LogP) is 4.18. The van der Waals surface area contributed by atoms with E-state index in [-0.39, 0.29) is 11.9 Å². The third-order valence-corrected chi connectivity index (χ3v) is 5.68. The molecule has 1 heterocycles. The van der Waals surface area contributed by atoms with E-state index in [0.29, 0.717) is 29.4 Å². The number of hydrogen-bond donors (Lipinski definition) is 0. The smallest absolute Gasteiger partial charge is 0.493 e. The first kappa shape index (κ1) is 20.6. The normalized spacial score (nSPS) is 17.8. The van der Waals surface area contributed by atoms with Gasteiger partial charge in [0.05, 0.1) is 14.2 Å². The first-order chi connectivity index (χ1) is 14.9. The van der Waals surface area contributed by atoms with Gasteiger partial charge in [0.25, 0.3) is 0 Å². The standard InChI is InChI=1S/C25H25N2O4/c1-16-9-10-17(2)18(13-16)15-26-21-8-6-5-7-20(21)24(28)27(25(26)29)19-11-12-22(30-3)23(14-19)31-4/h5-14,20H,15H2,1-4H3/q+1. The van der Waals surface area contributed by atoms with Gasteiger partial charge in [-0.05, 0) is 43.2 Å². The van der Waals surface area contributed by atoms with Crippen LogP contribution in [0.1, 0.15) is 16.7 Å². The van der Waals surface area contributed by atoms with E-state index >= 15 is 0 Å². The van der Waals surface area contributed by atoms with Crippen LogP contribution in [-0.2, 0) is 11.3 Å². The molecule has 1 atom stereocenters. The lowest BCUT2D eigenvalue weighted by atomic mass is 9.93. The maximum atomic E-state index is 13.6. The highest BCUT2D eigenvalue weighted by atomic mass is 16.5. The van der Waals surface area contributed by atoms with E-state index in [4.69, 9.17) is 9.47 Å². The molecule has 0 radical (unpaired) electrons. The molecular formula is C25H25N2O4+. The van der Waals surface area contributed by atoms with Gasteiger partial charge in [-0.25, -0.2) is 4.79 Å². The molecule has 6 nitrogen and oxygen atoms in total. The number of hydrogen-bond acceptors (Lipinski definition) is 4. The second-order valence-corrected chi connectivity index (χ2v) is 7.66. The fraction of sp³-hybridized carbons (Fsp3) is 0.240. The van der Waals surface area contributed by atoms with Gasteiger partial charge in [-0.2, -0.15) is 9.37 Å². The molecular weight excluding hydrogens is 392 g/mol. The van der Waals surface area contributed by atoms with E-state index < -0.39 is 5.92 Å². The van der Waals surface area contributed by atoms with Gasteiger partial charge < -0.3 is 9.47 Å². The van der Waals surface area contributed by atoms with Crippen LogP contribution < -0.4 is 14.4 Å². The van der Waals surface area contributed by atoms with Crippen LogP contribution in [0.4, 0.5) is 10.5 Å². The SMILES string of the molecule is COc1ccc(N2C(=O)C3C=CC=CC3=[N+](Cc3cc(C)ccc3C)C2=O)cc1OC. The Morgan fingerprint density at radius 1 is 0.968 bits per heavy atom. The number of rotatable bonds is 5. The van der Waals surface area contributed by atoms with Gasteiger partial charge in [-0.3, -0.25) is 0 Å². The topological polar surface area (TPSA) is 58.8 Å². The zero-order chi connectivity index (χ0) is 22.1. The number of fused-ring (bicyclic) bond motifs is 1. The van der Waals surface area contributed by atoms with Crippen LogP contribution in [-0.4, -0.2) is 36.4 Å². The van der Waals surface area contributed by atoms with Crippen molar-refractivity contribution in [1.29, 1.82) is 0 Å². The Balaban J connectivity index is 1.82. The van der Waals surface area contributed by atoms with Gasteiger partial charge >= 0.3 is 11.9 Å². The van der Waals surface area contributed by atoms with Gasteiger partial charge in [0.1, 0.15) is 23.9 Å². The van der Waals surface area contributed by atoms with E-state index in [2.05, 4.69) is 18.2 Å². The van der Waals surface area contributed by atoms with Crippen molar-refractivity contribution in [3.63, 3.8) is 0 Å². The molecule has 1 unspecified atom stereocenters. The lowest BCUT2D eigenvalue weighted by Crippen LogP contribution is -2.54.